The van der Waals surface area contributed by atoms with E-state index in [1.165, 1.54) is 0 Å². The van der Waals surface area contributed by atoms with E-state index in [1.54, 1.807) is 18.1 Å². The maximum atomic E-state index is 11.2. The van der Waals surface area contributed by atoms with Crippen LogP contribution in [0.3, 0.4) is 0 Å². The van der Waals surface area contributed by atoms with E-state index in [2.05, 4.69) is 10.2 Å². The first-order valence-electron chi connectivity index (χ1n) is 5.81. The SMILES string of the molecule is CCC(C(=O)O)N(C)c1nncc2ccccc12. The van der Waals surface area contributed by atoms with E-state index in [1.807, 2.05) is 31.2 Å². The second kappa shape index (κ2) is 5.00. The van der Waals surface area contributed by atoms with Gasteiger partial charge >= 0.3 is 5.97 Å². The molecule has 94 valence electrons. The summed E-state index contributed by atoms with van der Waals surface area (Å²) >= 11 is 0. The number of hydrogen-bond acceptors (Lipinski definition) is 4. The normalized spacial score (nSPS) is 12.3. The topological polar surface area (TPSA) is 66.3 Å². The Balaban J connectivity index is 2.50. The van der Waals surface area contributed by atoms with Crippen LogP contribution in [-0.4, -0.2) is 34.4 Å². The fraction of sp³-hybridized carbons (Fsp3) is 0.308. The number of carboxylic acids is 1. The minimum absolute atomic E-state index is 0.511. The van der Waals surface area contributed by atoms with Crippen LogP contribution in [0.15, 0.2) is 30.5 Å². The summed E-state index contributed by atoms with van der Waals surface area (Å²) in [7, 11) is 1.73. The largest absolute Gasteiger partial charge is 0.480 e. The molecule has 1 aromatic heterocycles. The predicted octanol–water partition coefficient (Wildman–Crippen LogP) is 1.93. The summed E-state index contributed by atoms with van der Waals surface area (Å²) < 4.78 is 0. The summed E-state index contributed by atoms with van der Waals surface area (Å²) in [5.41, 5.74) is 0. The lowest BCUT2D eigenvalue weighted by molar-refractivity contribution is -0.138. The third-order valence-electron chi connectivity index (χ3n) is 3.02. The molecule has 0 aliphatic heterocycles. The van der Waals surface area contributed by atoms with E-state index < -0.39 is 12.0 Å². The molecule has 18 heavy (non-hydrogen) atoms. The second-order valence-corrected chi connectivity index (χ2v) is 4.13. The number of fused-ring (bicyclic) bond motifs is 1. The van der Waals surface area contributed by atoms with Crippen molar-refractivity contribution < 1.29 is 9.90 Å². The van der Waals surface area contributed by atoms with Gasteiger partial charge in [-0.2, -0.15) is 5.10 Å². The van der Waals surface area contributed by atoms with Gasteiger partial charge < -0.3 is 10.0 Å². The molecule has 2 aromatic rings. The highest BCUT2D eigenvalue weighted by Gasteiger charge is 2.23. The number of aliphatic carboxylic acids is 1. The highest BCUT2D eigenvalue weighted by molar-refractivity contribution is 5.92. The maximum absolute atomic E-state index is 11.2. The van der Waals surface area contributed by atoms with Crippen molar-refractivity contribution in [2.75, 3.05) is 11.9 Å². The van der Waals surface area contributed by atoms with E-state index in [9.17, 15) is 9.90 Å². The number of nitrogens with zero attached hydrogens (tertiary/aromatic N) is 3. The minimum atomic E-state index is -0.852. The first kappa shape index (κ1) is 12.3. The second-order valence-electron chi connectivity index (χ2n) is 4.13. The van der Waals surface area contributed by atoms with Gasteiger partial charge in [0.2, 0.25) is 0 Å². The molecule has 1 aromatic carbocycles. The first-order valence-corrected chi connectivity index (χ1v) is 5.81. The van der Waals surface area contributed by atoms with E-state index in [-0.39, 0.29) is 0 Å². The van der Waals surface area contributed by atoms with E-state index in [0.29, 0.717) is 12.2 Å². The Morgan fingerprint density at radius 3 is 2.83 bits per heavy atom. The Kier molecular flexibility index (Phi) is 3.41. The molecule has 1 unspecified atom stereocenters. The van der Waals surface area contributed by atoms with Crippen molar-refractivity contribution in [3.63, 3.8) is 0 Å². The van der Waals surface area contributed by atoms with Crippen molar-refractivity contribution in [1.29, 1.82) is 0 Å². The zero-order valence-corrected chi connectivity index (χ0v) is 10.4. The maximum Gasteiger partial charge on any atom is 0.326 e. The van der Waals surface area contributed by atoms with E-state index in [0.717, 1.165) is 10.8 Å². The molecule has 1 heterocycles. The zero-order chi connectivity index (χ0) is 13.1. The van der Waals surface area contributed by atoms with E-state index in [4.69, 9.17) is 0 Å². The number of aromatic nitrogens is 2. The molecule has 5 heteroatoms. The van der Waals surface area contributed by atoms with Gasteiger partial charge in [-0.25, -0.2) is 4.79 Å². The summed E-state index contributed by atoms with van der Waals surface area (Å²) in [4.78, 5) is 12.9. The van der Waals surface area contributed by atoms with Crippen LogP contribution in [0.4, 0.5) is 5.82 Å². The number of hydrogen-bond donors (Lipinski definition) is 1. The van der Waals surface area contributed by atoms with Crippen molar-refractivity contribution in [1.82, 2.24) is 10.2 Å². The number of carboxylic acid groups (broad SMARTS) is 1. The monoisotopic (exact) mass is 245 g/mol. The Labute approximate surface area is 105 Å². The average molecular weight is 245 g/mol. The predicted molar refractivity (Wildman–Crippen MR) is 69.7 cm³/mol. The molecular formula is C13H15N3O2. The third-order valence-corrected chi connectivity index (χ3v) is 3.02. The Hall–Kier alpha value is -2.17. The smallest absolute Gasteiger partial charge is 0.326 e. The average Bonchev–Trinajstić information content (AvgIpc) is 2.38. The number of likely N-dealkylation sites (N-methyl/N-ethyl adjacent to an activating group) is 1. The molecule has 0 saturated heterocycles. The summed E-state index contributed by atoms with van der Waals surface area (Å²) in [6.07, 6.45) is 2.19. The van der Waals surface area contributed by atoms with Crippen molar-refractivity contribution in [3.05, 3.63) is 30.5 Å². The summed E-state index contributed by atoms with van der Waals surface area (Å²) in [6.45, 7) is 1.84. The van der Waals surface area contributed by atoms with Gasteiger partial charge in [-0.3, -0.25) is 0 Å². The van der Waals surface area contributed by atoms with Crippen LogP contribution in [0.5, 0.6) is 0 Å². The van der Waals surface area contributed by atoms with Crippen molar-refractivity contribution in [2.45, 2.75) is 19.4 Å². The lowest BCUT2D eigenvalue weighted by Gasteiger charge is -2.25. The summed E-state index contributed by atoms with van der Waals surface area (Å²) in [6, 6.07) is 7.09. The van der Waals surface area contributed by atoms with Crippen LogP contribution in [0.2, 0.25) is 0 Å². The lowest BCUT2D eigenvalue weighted by atomic mass is 10.1. The molecule has 2 rings (SSSR count). The van der Waals surface area contributed by atoms with Crippen LogP contribution >= 0.6 is 0 Å². The van der Waals surface area contributed by atoms with Crippen molar-refractivity contribution in [2.24, 2.45) is 0 Å². The quantitative estimate of drug-likeness (QED) is 0.891. The molecule has 0 spiro atoms. The van der Waals surface area contributed by atoms with Gasteiger partial charge in [0.1, 0.15) is 6.04 Å². The Morgan fingerprint density at radius 1 is 1.44 bits per heavy atom. The number of benzene rings is 1. The Bertz CT molecular complexity index is 566. The minimum Gasteiger partial charge on any atom is -0.480 e. The number of anilines is 1. The fourth-order valence-corrected chi connectivity index (χ4v) is 2.04. The first-order chi connectivity index (χ1) is 8.65. The Morgan fingerprint density at radius 2 is 2.17 bits per heavy atom. The van der Waals surface area contributed by atoms with Gasteiger partial charge in [0.15, 0.2) is 5.82 Å². The number of rotatable bonds is 4. The van der Waals surface area contributed by atoms with Crippen molar-refractivity contribution >= 4 is 22.6 Å². The molecule has 0 saturated carbocycles. The standard InChI is InChI=1S/C13H15N3O2/c1-3-11(13(17)18)16(2)12-10-7-5-4-6-9(10)8-14-15-12/h4-8,11H,3H2,1-2H3,(H,17,18). The molecule has 5 nitrogen and oxygen atoms in total. The molecular weight excluding hydrogens is 230 g/mol. The summed E-state index contributed by atoms with van der Waals surface area (Å²) in [5.74, 6) is -0.253. The van der Waals surface area contributed by atoms with Gasteiger partial charge in [-0.15, -0.1) is 5.10 Å². The molecule has 0 aliphatic rings. The van der Waals surface area contributed by atoms with Gasteiger partial charge in [0.25, 0.3) is 0 Å². The highest BCUT2D eigenvalue weighted by Crippen LogP contribution is 2.24. The van der Waals surface area contributed by atoms with Crippen molar-refractivity contribution in [3.8, 4) is 0 Å². The number of carbonyl (C=O) groups is 1. The van der Waals surface area contributed by atoms with Crippen LogP contribution in [0.25, 0.3) is 10.8 Å². The molecule has 0 aliphatic carbocycles. The molecule has 1 N–H and O–H groups in total. The third kappa shape index (κ3) is 2.11. The fourth-order valence-electron chi connectivity index (χ4n) is 2.04. The molecule has 1 atom stereocenters. The van der Waals surface area contributed by atoms with Gasteiger partial charge in [0, 0.05) is 17.8 Å². The van der Waals surface area contributed by atoms with Gasteiger partial charge in [0.05, 0.1) is 6.20 Å². The van der Waals surface area contributed by atoms with Crippen LogP contribution in [-0.2, 0) is 4.79 Å². The van der Waals surface area contributed by atoms with Crippen LogP contribution in [0.1, 0.15) is 13.3 Å². The zero-order valence-electron chi connectivity index (χ0n) is 10.4. The summed E-state index contributed by atoms with van der Waals surface area (Å²) in [5, 5.41) is 19.0. The molecule has 0 bridgehead atoms. The molecule has 0 amide bonds. The highest BCUT2D eigenvalue weighted by atomic mass is 16.4. The van der Waals surface area contributed by atoms with Crippen LogP contribution in [0, 0.1) is 0 Å². The van der Waals surface area contributed by atoms with Gasteiger partial charge in [-0.1, -0.05) is 31.2 Å². The van der Waals surface area contributed by atoms with Gasteiger partial charge in [-0.05, 0) is 6.42 Å². The lowest BCUT2D eigenvalue weighted by Crippen LogP contribution is -2.38. The van der Waals surface area contributed by atoms with E-state index >= 15 is 0 Å². The van der Waals surface area contributed by atoms with Crippen LogP contribution < -0.4 is 4.90 Å². The molecule has 0 radical (unpaired) electrons. The molecule has 0 fully saturated rings.